The molecule has 0 saturated heterocycles. The molecule has 162 valence electrons. The van der Waals surface area contributed by atoms with Gasteiger partial charge in [-0.1, -0.05) is 71.3 Å². The fourth-order valence-corrected chi connectivity index (χ4v) is 3.43. The molecule has 0 fully saturated rings. The van der Waals surface area contributed by atoms with Crippen molar-refractivity contribution < 1.29 is 0 Å². The highest BCUT2D eigenvalue weighted by Crippen LogP contribution is 2.29. The van der Waals surface area contributed by atoms with Crippen LogP contribution in [0.2, 0.25) is 5.02 Å². The molecule has 7 heteroatoms. The van der Waals surface area contributed by atoms with Gasteiger partial charge in [0, 0.05) is 0 Å². The minimum absolute atomic E-state index is 0.486. The molecule has 2 atom stereocenters. The second-order valence-corrected chi connectivity index (χ2v) is 7.68. The van der Waals surface area contributed by atoms with E-state index in [1.165, 1.54) is 16.7 Å². The molecule has 0 aliphatic carbocycles. The first-order valence-corrected chi connectivity index (χ1v) is 11.1. The van der Waals surface area contributed by atoms with E-state index in [0.717, 1.165) is 34.9 Å². The highest BCUT2D eigenvalue weighted by Gasteiger charge is 2.13. The third-order valence-corrected chi connectivity index (χ3v) is 5.76. The highest BCUT2D eigenvalue weighted by molar-refractivity contribution is 6.34. The summed E-state index contributed by atoms with van der Waals surface area (Å²) in [5.74, 6) is 1.03. The minimum atomic E-state index is 0.486. The second kappa shape index (κ2) is 11.1. The number of halogens is 1. The number of nitrogens with zero attached hydrogens (tertiary/aromatic N) is 4. The zero-order valence-corrected chi connectivity index (χ0v) is 19.8. The van der Waals surface area contributed by atoms with Crippen molar-refractivity contribution in [3.63, 3.8) is 0 Å². The Bertz CT molecular complexity index is 982. The van der Waals surface area contributed by atoms with Gasteiger partial charge in [-0.3, -0.25) is 0 Å². The van der Waals surface area contributed by atoms with Gasteiger partial charge in [0.15, 0.2) is 0 Å². The van der Waals surface area contributed by atoms with E-state index >= 15 is 0 Å². The molecule has 0 spiro atoms. The lowest BCUT2D eigenvalue weighted by atomic mass is 9.96. The summed E-state index contributed by atoms with van der Waals surface area (Å²) >= 11 is 6.00. The number of rotatable bonds is 4. The van der Waals surface area contributed by atoms with E-state index in [1.54, 1.807) is 0 Å². The molecule has 30 heavy (non-hydrogen) atoms. The number of hydrogen-bond donors (Lipinski definition) is 2. The van der Waals surface area contributed by atoms with Crippen LogP contribution in [0.3, 0.4) is 0 Å². The number of nitrogens with one attached hydrogen (secondary N) is 2. The summed E-state index contributed by atoms with van der Waals surface area (Å²) in [6.45, 7) is 14.8. The second-order valence-electron chi connectivity index (χ2n) is 7.27. The van der Waals surface area contributed by atoms with E-state index in [2.05, 4.69) is 77.6 Å². The highest BCUT2D eigenvalue weighted by atomic mass is 35.5. The zero-order chi connectivity index (χ0) is 22.3. The lowest BCUT2D eigenvalue weighted by molar-refractivity contribution is 0.737. The van der Waals surface area contributed by atoms with Crippen LogP contribution in [0.1, 0.15) is 82.9 Å². The lowest BCUT2D eigenvalue weighted by Crippen LogP contribution is -1.93. The van der Waals surface area contributed by atoms with Crippen LogP contribution in [0.25, 0.3) is 22.1 Å². The van der Waals surface area contributed by atoms with E-state index in [1.807, 2.05) is 26.0 Å². The molecule has 2 aromatic carbocycles. The van der Waals surface area contributed by atoms with Crippen molar-refractivity contribution in [3.8, 4) is 0 Å². The number of aromatic amines is 2. The van der Waals surface area contributed by atoms with Crippen molar-refractivity contribution in [3.05, 3.63) is 46.0 Å². The number of aromatic nitrogens is 6. The zero-order valence-electron chi connectivity index (χ0n) is 19.0. The molecule has 0 saturated carbocycles. The Labute approximate surface area is 183 Å². The molecule has 0 aliphatic heterocycles. The number of hydrogen-bond acceptors (Lipinski definition) is 4. The first-order valence-electron chi connectivity index (χ1n) is 10.8. The maximum absolute atomic E-state index is 6.00. The summed E-state index contributed by atoms with van der Waals surface area (Å²) < 4.78 is 0. The number of H-pyrrole nitrogens is 2. The van der Waals surface area contributed by atoms with E-state index < -0.39 is 0 Å². The summed E-state index contributed by atoms with van der Waals surface area (Å²) in [5, 5.41) is 22.5. The van der Waals surface area contributed by atoms with Gasteiger partial charge in [-0.2, -0.15) is 30.8 Å². The average molecular weight is 429 g/mol. The third-order valence-electron chi connectivity index (χ3n) is 5.45. The fourth-order valence-electron chi connectivity index (χ4n) is 3.23. The fraction of sp³-hybridized carbons (Fsp3) is 0.478. The molecule has 2 unspecified atom stereocenters. The maximum atomic E-state index is 6.00. The molecule has 0 amide bonds. The molecule has 4 rings (SSSR count). The van der Waals surface area contributed by atoms with Crippen LogP contribution in [0.5, 0.6) is 0 Å². The standard InChI is InChI=1S/C11H15N3.C10H12ClN3.C2H6/c1-4-7(2)9-6-5-8(3)10-11(9)13-14-12-10;1-3-6(2)7-4-5-8(11)10-9(7)12-14-13-10;1-2/h5-7H,4H2,1-3H3,(H,12,13,14);4-6H,3H2,1-2H3,(H,12,13,14);1-2H3. The van der Waals surface area contributed by atoms with Crippen LogP contribution in [0.4, 0.5) is 0 Å². The summed E-state index contributed by atoms with van der Waals surface area (Å²) in [4.78, 5) is 0. The molecular weight excluding hydrogens is 396 g/mol. The topological polar surface area (TPSA) is 83.1 Å². The van der Waals surface area contributed by atoms with E-state index in [4.69, 9.17) is 11.6 Å². The predicted molar refractivity (Wildman–Crippen MR) is 126 cm³/mol. The number of benzene rings is 2. The van der Waals surface area contributed by atoms with Gasteiger partial charge in [-0.15, -0.1) is 0 Å². The monoisotopic (exact) mass is 428 g/mol. The number of fused-ring (bicyclic) bond motifs is 2. The quantitative estimate of drug-likeness (QED) is 0.369. The smallest absolute Gasteiger partial charge is 0.131 e. The Morgan fingerprint density at radius 1 is 0.733 bits per heavy atom. The maximum Gasteiger partial charge on any atom is 0.131 e. The summed E-state index contributed by atoms with van der Waals surface area (Å²) in [7, 11) is 0. The summed E-state index contributed by atoms with van der Waals surface area (Å²) in [6.07, 6.45) is 2.22. The van der Waals surface area contributed by atoms with Crippen LogP contribution in [0, 0.1) is 6.92 Å². The SMILES string of the molecule is CC.CCC(C)c1ccc(C)c2n[nH]nc12.CCC(C)c1ccc(Cl)c2n[nH]nc12. The Hall–Kier alpha value is -2.47. The Morgan fingerprint density at radius 3 is 1.70 bits per heavy atom. The van der Waals surface area contributed by atoms with Gasteiger partial charge in [-0.25, -0.2) is 0 Å². The van der Waals surface area contributed by atoms with Gasteiger partial charge in [0.25, 0.3) is 0 Å². The predicted octanol–water partition coefficient (Wildman–Crippen LogP) is 6.93. The Kier molecular flexibility index (Phi) is 8.78. The van der Waals surface area contributed by atoms with E-state index in [9.17, 15) is 0 Å². The molecule has 0 radical (unpaired) electrons. The van der Waals surface area contributed by atoms with Crippen LogP contribution in [-0.2, 0) is 0 Å². The molecule has 2 aromatic heterocycles. The van der Waals surface area contributed by atoms with Crippen LogP contribution in [0.15, 0.2) is 24.3 Å². The van der Waals surface area contributed by atoms with Gasteiger partial charge in [0.2, 0.25) is 0 Å². The Morgan fingerprint density at radius 2 is 1.17 bits per heavy atom. The van der Waals surface area contributed by atoms with Crippen molar-refractivity contribution in [1.82, 2.24) is 30.8 Å². The van der Waals surface area contributed by atoms with Gasteiger partial charge in [-0.05, 0) is 54.4 Å². The van der Waals surface area contributed by atoms with Crippen molar-refractivity contribution in [1.29, 1.82) is 0 Å². The average Bonchev–Trinajstić information content (AvgIpc) is 3.46. The van der Waals surface area contributed by atoms with Crippen molar-refractivity contribution in [2.45, 2.75) is 73.1 Å². The van der Waals surface area contributed by atoms with Gasteiger partial charge in [0.1, 0.15) is 22.1 Å². The van der Waals surface area contributed by atoms with Crippen LogP contribution >= 0.6 is 11.6 Å². The van der Waals surface area contributed by atoms with E-state index in [-0.39, 0.29) is 0 Å². The molecular formula is C23H33ClN6. The molecule has 6 nitrogen and oxygen atoms in total. The largest absolute Gasteiger partial charge is 0.197 e. The van der Waals surface area contributed by atoms with Crippen molar-refractivity contribution in [2.75, 3.05) is 0 Å². The first-order chi connectivity index (χ1) is 14.5. The summed E-state index contributed by atoms with van der Waals surface area (Å²) in [5.41, 5.74) is 7.38. The van der Waals surface area contributed by atoms with Crippen molar-refractivity contribution in [2.24, 2.45) is 0 Å². The normalized spacial score (nSPS) is 12.7. The van der Waals surface area contributed by atoms with Gasteiger partial charge < -0.3 is 0 Å². The van der Waals surface area contributed by atoms with Gasteiger partial charge >= 0.3 is 0 Å². The van der Waals surface area contributed by atoms with Crippen LogP contribution in [-0.4, -0.2) is 30.8 Å². The Balaban J connectivity index is 0.000000197. The van der Waals surface area contributed by atoms with Crippen molar-refractivity contribution >= 4 is 33.7 Å². The third kappa shape index (κ3) is 4.98. The van der Waals surface area contributed by atoms with E-state index in [0.29, 0.717) is 16.9 Å². The summed E-state index contributed by atoms with van der Waals surface area (Å²) in [6, 6.07) is 8.19. The lowest BCUT2D eigenvalue weighted by Gasteiger charge is -2.09. The molecule has 2 heterocycles. The van der Waals surface area contributed by atoms with Crippen LogP contribution < -0.4 is 0 Å². The molecule has 0 aliphatic rings. The van der Waals surface area contributed by atoms with Gasteiger partial charge in [0.05, 0.1) is 5.02 Å². The number of aryl methyl sites for hydroxylation is 1. The first kappa shape index (κ1) is 23.8. The molecule has 0 bridgehead atoms. The minimum Gasteiger partial charge on any atom is -0.197 e. The molecule has 4 aromatic rings. The molecule has 2 N–H and O–H groups in total.